The van der Waals surface area contributed by atoms with Crippen molar-refractivity contribution in [1.29, 1.82) is 0 Å². The van der Waals surface area contributed by atoms with Gasteiger partial charge in [-0.2, -0.15) is 0 Å². The van der Waals surface area contributed by atoms with Crippen molar-refractivity contribution in [2.24, 2.45) is 11.8 Å². The first kappa shape index (κ1) is 16.4. The molecule has 5 heteroatoms. The van der Waals surface area contributed by atoms with E-state index in [4.69, 9.17) is 5.84 Å². The number of rotatable bonds is 6. The number of carbonyl (C=O) groups is 1. The summed E-state index contributed by atoms with van der Waals surface area (Å²) >= 11 is 0. The zero-order valence-electron chi connectivity index (χ0n) is 13.0. The molecule has 0 aromatic carbocycles. The molecule has 1 rings (SSSR count). The summed E-state index contributed by atoms with van der Waals surface area (Å²) in [6.45, 7) is 10.4. The van der Waals surface area contributed by atoms with Crippen molar-refractivity contribution in [3.05, 3.63) is 23.4 Å². The van der Waals surface area contributed by atoms with Crippen LogP contribution >= 0.6 is 0 Å². The maximum Gasteiger partial charge on any atom is 0.251 e. The summed E-state index contributed by atoms with van der Waals surface area (Å²) in [5, 5.41) is 3.06. The number of nitrogens with zero attached hydrogens (tertiary/aromatic N) is 1. The van der Waals surface area contributed by atoms with E-state index in [1.165, 1.54) is 0 Å². The topological polar surface area (TPSA) is 80.0 Å². The van der Waals surface area contributed by atoms with E-state index < -0.39 is 0 Å². The maximum atomic E-state index is 12.4. The molecule has 112 valence electrons. The number of hydrogen-bond acceptors (Lipinski definition) is 4. The molecule has 4 N–H and O–H groups in total. The Morgan fingerprint density at radius 3 is 2.40 bits per heavy atom. The SMILES string of the molecule is CCC(NC(=O)c1cc(NN)nc(C(C)C)c1)C(C)C. The van der Waals surface area contributed by atoms with E-state index in [0.717, 1.165) is 12.1 Å². The van der Waals surface area contributed by atoms with Crippen LogP contribution in [0.4, 0.5) is 5.82 Å². The van der Waals surface area contributed by atoms with Crippen LogP contribution < -0.4 is 16.6 Å². The summed E-state index contributed by atoms with van der Waals surface area (Å²) in [6, 6.07) is 3.68. The summed E-state index contributed by atoms with van der Waals surface area (Å²) in [6.07, 6.45) is 0.910. The molecule has 1 aromatic heterocycles. The van der Waals surface area contributed by atoms with Gasteiger partial charge in [0.1, 0.15) is 5.82 Å². The van der Waals surface area contributed by atoms with E-state index in [9.17, 15) is 4.79 Å². The van der Waals surface area contributed by atoms with Crippen molar-refractivity contribution in [2.45, 2.75) is 53.0 Å². The third kappa shape index (κ3) is 4.20. The normalized spacial score (nSPS) is 12.6. The van der Waals surface area contributed by atoms with Crippen molar-refractivity contribution < 1.29 is 4.79 Å². The van der Waals surface area contributed by atoms with Crippen LogP contribution in [0.2, 0.25) is 0 Å². The number of pyridine rings is 1. The predicted molar refractivity (Wildman–Crippen MR) is 82.5 cm³/mol. The number of hydrazine groups is 1. The van der Waals surface area contributed by atoms with Gasteiger partial charge in [0.15, 0.2) is 0 Å². The predicted octanol–water partition coefficient (Wildman–Crippen LogP) is 2.66. The van der Waals surface area contributed by atoms with E-state index in [2.05, 4.69) is 36.5 Å². The Morgan fingerprint density at radius 1 is 1.30 bits per heavy atom. The summed E-state index contributed by atoms with van der Waals surface area (Å²) in [5.74, 6) is 6.50. The Balaban J connectivity index is 3.00. The van der Waals surface area contributed by atoms with Gasteiger partial charge in [-0.25, -0.2) is 10.8 Å². The second kappa shape index (κ2) is 7.24. The molecule has 0 fully saturated rings. The van der Waals surface area contributed by atoms with Crippen LogP contribution in [-0.2, 0) is 0 Å². The number of amides is 1. The number of carbonyl (C=O) groups excluding carboxylic acids is 1. The Labute approximate surface area is 121 Å². The molecule has 1 amide bonds. The Hall–Kier alpha value is -1.62. The van der Waals surface area contributed by atoms with Gasteiger partial charge in [-0.05, 0) is 30.4 Å². The first-order valence-electron chi connectivity index (χ1n) is 7.18. The number of aromatic nitrogens is 1. The standard InChI is InChI=1S/C15H26N4O/c1-6-12(9(2)3)18-15(20)11-7-13(10(4)5)17-14(8-11)19-16/h7-10,12H,6,16H2,1-5H3,(H,17,19)(H,18,20). The number of nitrogens with two attached hydrogens (primary N) is 1. The second-order valence-corrected chi connectivity index (χ2v) is 5.70. The molecule has 1 aromatic rings. The lowest BCUT2D eigenvalue weighted by Crippen LogP contribution is -2.38. The van der Waals surface area contributed by atoms with Gasteiger partial charge in [-0.15, -0.1) is 0 Å². The van der Waals surface area contributed by atoms with Crippen molar-refractivity contribution in [2.75, 3.05) is 5.43 Å². The third-order valence-electron chi connectivity index (χ3n) is 3.41. The first-order chi connectivity index (χ1) is 9.38. The fraction of sp³-hybridized carbons (Fsp3) is 0.600. The third-order valence-corrected chi connectivity index (χ3v) is 3.41. The van der Waals surface area contributed by atoms with Crippen LogP contribution in [0, 0.1) is 5.92 Å². The van der Waals surface area contributed by atoms with E-state index in [1.807, 2.05) is 19.9 Å². The van der Waals surface area contributed by atoms with E-state index in [1.54, 1.807) is 6.07 Å². The van der Waals surface area contributed by atoms with Gasteiger partial charge in [0, 0.05) is 17.3 Å². The molecule has 0 saturated carbocycles. The number of nitrogen functional groups attached to an aromatic ring is 1. The molecule has 0 spiro atoms. The van der Waals surface area contributed by atoms with Crippen LogP contribution in [0.15, 0.2) is 12.1 Å². The monoisotopic (exact) mass is 278 g/mol. The van der Waals surface area contributed by atoms with Crippen molar-refractivity contribution in [3.63, 3.8) is 0 Å². The Bertz CT molecular complexity index is 457. The van der Waals surface area contributed by atoms with Gasteiger partial charge in [0.2, 0.25) is 0 Å². The van der Waals surface area contributed by atoms with Gasteiger partial charge in [0.25, 0.3) is 5.91 Å². The minimum absolute atomic E-state index is 0.0775. The van der Waals surface area contributed by atoms with Crippen LogP contribution in [-0.4, -0.2) is 16.9 Å². The average molecular weight is 278 g/mol. The summed E-state index contributed by atoms with van der Waals surface area (Å²) in [5.41, 5.74) is 3.96. The average Bonchev–Trinajstić information content (AvgIpc) is 2.43. The molecule has 0 aliphatic carbocycles. The quantitative estimate of drug-likeness (QED) is 0.552. The molecule has 1 unspecified atom stereocenters. The van der Waals surface area contributed by atoms with Crippen LogP contribution in [0.3, 0.4) is 0 Å². The minimum atomic E-state index is -0.0775. The van der Waals surface area contributed by atoms with Crippen LogP contribution in [0.5, 0.6) is 0 Å². The van der Waals surface area contributed by atoms with Gasteiger partial charge < -0.3 is 10.7 Å². The lowest BCUT2D eigenvalue weighted by atomic mass is 10.0. The van der Waals surface area contributed by atoms with E-state index >= 15 is 0 Å². The molecule has 5 nitrogen and oxygen atoms in total. The summed E-state index contributed by atoms with van der Waals surface area (Å²) in [4.78, 5) is 16.7. The molecule has 0 bridgehead atoms. The lowest BCUT2D eigenvalue weighted by Gasteiger charge is -2.21. The number of nitrogens with one attached hydrogen (secondary N) is 2. The summed E-state index contributed by atoms with van der Waals surface area (Å²) in [7, 11) is 0. The lowest BCUT2D eigenvalue weighted by molar-refractivity contribution is 0.0924. The van der Waals surface area contributed by atoms with Gasteiger partial charge in [0.05, 0.1) is 0 Å². The van der Waals surface area contributed by atoms with Crippen molar-refractivity contribution in [3.8, 4) is 0 Å². The molecular weight excluding hydrogens is 252 g/mol. The smallest absolute Gasteiger partial charge is 0.251 e. The highest BCUT2D eigenvalue weighted by Gasteiger charge is 2.17. The maximum absolute atomic E-state index is 12.4. The largest absolute Gasteiger partial charge is 0.349 e. The molecule has 0 radical (unpaired) electrons. The number of hydrogen-bond donors (Lipinski definition) is 3. The Kier molecular flexibility index (Phi) is 5.95. The Morgan fingerprint density at radius 2 is 1.95 bits per heavy atom. The fourth-order valence-electron chi connectivity index (χ4n) is 2.04. The second-order valence-electron chi connectivity index (χ2n) is 5.70. The number of anilines is 1. The first-order valence-corrected chi connectivity index (χ1v) is 7.18. The molecule has 0 aliphatic rings. The molecule has 20 heavy (non-hydrogen) atoms. The molecular formula is C15H26N4O. The molecule has 0 aliphatic heterocycles. The summed E-state index contributed by atoms with van der Waals surface area (Å²) < 4.78 is 0. The fourth-order valence-corrected chi connectivity index (χ4v) is 2.04. The highest BCUT2D eigenvalue weighted by atomic mass is 16.1. The molecule has 0 saturated heterocycles. The van der Waals surface area contributed by atoms with Gasteiger partial charge in [-0.3, -0.25) is 4.79 Å². The molecule has 1 atom stereocenters. The van der Waals surface area contributed by atoms with Crippen molar-refractivity contribution in [1.82, 2.24) is 10.3 Å². The van der Waals surface area contributed by atoms with Crippen LogP contribution in [0.25, 0.3) is 0 Å². The van der Waals surface area contributed by atoms with E-state index in [-0.39, 0.29) is 17.9 Å². The van der Waals surface area contributed by atoms with Gasteiger partial charge >= 0.3 is 0 Å². The minimum Gasteiger partial charge on any atom is -0.349 e. The highest BCUT2D eigenvalue weighted by Crippen LogP contribution is 2.17. The van der Waals surface area contributed by atoms with E-state index in [0.29, 0.717) is 17.3 Å². The van der Waals surface area contributed by atoms with Gasteiger partial charge in [-0.1, -0.05) is 34.6 Å². The molecule has 1 heterocycles. The zero-order valence-corrected chi connectivity index (χ0v) is 13.0. The highest BCUT2D eigenvalue weighted by molar-refractivity contribution is 5.95. The zero-order chi connectivity index (χ0) is 15.3. The van der Waals surface area contributed by atoms with Crippen molar-refractivity contribution >= 4 is 11.7 Å². The van der Waals surface area contributed by atoms with Crippen LogP contribution in [0.1, 0.15) is 63.0 Å².